The molecule has 4 rings (SSSR count). The van der Waals surface area contributed by atoms with Crippen molar-refractivity contribution in [3.05, 3.63) is 69.8 Å². The Labute approximate surface area is 151 Å². The van der Waals surface area contributed by atoms with Gasteiger partial charge in [-0.25, -0.2) is 4.98 Å². The highest BCUT2D eigenvalue weighted by atomic mass is 79.9. The summed E-state index contributed by atoms with van der Waals surface area (Å²) in [6.45, 7) is 0.411. The summed E-state index contributed by atoms with van der Waals surface area (Å²) in [7, 11) is 0. The number of benzene rings is 2. The summed E-state index contributed by atoms with van der Waals surface area (Å²) in [6, 6.07) is 17.6. The summed E-state index contributed by atoms with van der Waals surface area (Å²) < 4.78 is 0.926. The highest BCUT2D eigenvalue weighted by molar-refractivity contribution is 9.10. The van der Waals surface area contributed by atoms with Crippen LogP contribution < -0.4 is 0 Å². The standard InChI is InChI=1S/C17H11BrClN5/c18-14-7-3-2-6-13(14)17-21-23-24(22-17)10-12-9-11-5-1-4-8-15(11)20-16(12)19/h1-9H,10H2. The predicted octanol–water partition coefficient (Wildman–Crippen LogP) is 4.35. The fourth-order valence-electron chi connectivity index (χ4n) is 2.46. The zero-order valence-electron chi connectivity index (χ0n) is 12.4. The van der Waals surface area contributed by atoms with E-state index < -0.39 is 0 Å². The van der Waals surface area contributed by atoms with E-state index in [9.17, 15) is 0 Å². The third-order valence-corrected chi connectivity index (χ3v) is 4.65. The van der Waals surface area contributed by atoms with E-state index in [1.807, 2.05) is 54.6 Å². The van der Waals surface area contributed by atoms with Crippen LogP contribution in [0.3, 0.4) is 0 Å². The van der Waals surface area contributed by atoms with Gasteiger partial charge in [0.1, 0.15) is 5.15 Å². The molecular formula is C17H11BrClN5. The number of hydrogen-bond acceptors (Lipinski definition) is 4. The van der Waals surface area contributed by atoms with Gasteiger partial charge in [0, 0.05) is 21.0 Å². The Morgan fingerprint density at radius 3 is 2.71 bits per heavy atom. The Kier molecular flexibility index (Phi) is 4.00. The number of halogens is 2. The third-order valence-electron chi connectivity index (χ3n) is 3.63. The highest BCUT2D eigenvalue weighted by Crippen LogP contribution is 2.25. The fraction of sp³-hybridized carbons (Fsp3) is 0.0588. The molecule has 2 aromatic carbocycles. The molecule has 5 nitrogen and oxygen atoms in total. The van der Waals surface area contributed by atoms with Crippen LogP contribution in [0.25, 0.3) is 22.3 Å². The van der Waals surface area contributed by atoms with Gasteiger partial charge >= 0.3 is 0 Å². The van der Waals surface area contributed by atoms with E-state index in [1.54, 1.807) is 0 Å². The number of tetrazole rings is 1. The molecule has 24 heavy (non-hydrogen) atoms. The summed E-state index contributed by atoms with van der Waals surface area (Å²) in [6.07, 6.45) is 0. The molecule has 0 N–H and O–H groups in total. The largest absolute Gasteiger partial charge is 0.236 e. The molecule has 4 aromatic rings. The van der Waals surface area contributed by atoms with Crippen molar-refractivity contribution in [2.24, 2.45) is 0 Å². The van der Waals surface area contributed by atoms with Gasteiger partial charge in [-0.2, -0.15) is 4.80 Å². The van der Waals surface area contributed by atoms with E-state index in [0.29, 0.717) is 17.5 Å². The van der Waals surface area contributed by atoms with E-state index in [2.05, 4.69) is 36.3 Å². The molecule has 0 saturated heterocycles. The molecule has 0 aliphatic rings. The predicted molar refractivity (Wildman–Crippen MR) is 96.8 cm³/mol. The maximum atomic E-state index is 6.29. The van der Waals surface area contributed by atoms with Gasteiger partial charge in [-0.1, -0.05) is 57.9 Å². The molecule has 7 heteroatoms. The van der Waals surface area contributed by atoms with Crippen molar-refractivity contribution in [2.45, 2.75) is 6.54 Å². The molecule has 118 valence electrons. The average Bonchev–Trinajstić information content (AvgIpc) is 3.04. The Balaban J connectivity index is 1.67. The van der Waals surface area contributed by atoms with Crippen LogP contribution in [-0.4, -0.2) is 25.2 Å². The summed E-state index contributed by atoms with van der Waals surface area (Å²) in [5, 5.41) is 14.2. The van der Waals surface area contributed by atoms with Crippen LogP contribution in [0, 0.1) is 0 Å². The number of nitrogens with zero attached hydrogens (tertiary/aromatic N) is 5. The first-order valence-electron chi connectivity index (χ1n) is 7.27. The number of hydrogen-bond donors (Lipinski definition) is 0. The zero-order valence-corrected chi connectivity index (χ0v) is 14.7. The number of aromatic nitrogens is 5. The lowest BCUT2D eigenvalue weighted by Gasteiger charge is -2.05. The molecule has 2 heterocycles. The number of para-hydroxylation sites is 1. The van der Waals surface area contributed by atoms with Gasteiger partial charge in [0.15, 0.2) is 0 Å². The first kappa shape index (κ1) is 15.2. The maximum Gasteiger partial charge on any atom is 0.206 e. The van der Waals surface area contributed by atoms with Gasteiger partial charge < -0.3 is 0 Å². The minimum Gasteiger partial charge on any atom is -0.236 e. The van der Waals surface area contributed by atoms with E-state index in [-0.39, 0.29) is 0 Å². The second-order valence-corrected chi connectivity index (χ2v) is 6.47. The number of fused-ring (bicyclic) bond motifs is 1. The van der Waals surface area contributed by atoms with Crippen LogP contribution >= 0.6 is 27.5 Å². The molecule has 2 aromatic heterocycles. The molecule has 0 fully saturated rings. The van der Waals surface area contributed by atoms with Crippen molar-refractivity contribution in [1.29, 1.82) is 0 Å². The van der Waals surface area contributed by atoms with E-state index >= 15 is 0 Å². The molecule has 0 aliphatic heterocycles. The minimum atomic E-state index is 0.411. The number of pyridine rings is 1. The van der Waals surface area contributed by atoms with E-state index in [1.165, 1.54) is 4.80 Å². The molecule has 0 bridgehead atoms. The van der Waals surface area contributed by atoms with Crippen LogP contribution in [0.2, 0.25) is 5.15 Å². The zero-order chi connectivity index (χ0) is 16.5. The van der Waals surface area contributed by atoms with Crippen LogP contribution in [0.15, 0.2) is 59.1 Å². The molecule has 0 unspecified atom stereocenters. The van der Waals surface area contributed by atoms with Gasteiger partial charge in [0.2, 0.25) is 5.82 Å². The van der Waals surface area contributed by atoms with Gasteiger partial charge in [0.25, 0.3) is 0 Å². The van der Waals surface area contributed by atoms with Gasteiger partial charge in [0.05, 0.1) is 12.1 Å². The first-order chi connectivity index (χ1) is 11.7. The first-order valence-corrected chi connectivity index (χ1v) is 8.45. The van der Waals surface area contributed by atoms with Crippen molar-refractivity contribution in [3.8, 4) is 11.4 Å². The van der Waals surface area contributed by atoms with Gasteiger partial charge in [-0.15, -0.1) is 10.2 Å². The summed E-state index contributed by atoms with van der Waals surface area (Å²) in [5.74, 6) is 0.562. The molecule has 0 spiro atoms. The molecule has 0 atom stereocenters. The van der Waals surface area contributed by atoms with Gasteiger partial charge in [-0.3, -0.25) is 0 Å². The second-order valence-electron chi connectivity index (χ2n) is 5.25. The Morgan fingerprint density at radius 2 is 1.83 bits per heavy atom. The van der Waals surface area contributed by atoms with Crippen LogP contribution in [0.4, 0.5) is 0 Å². The van der Waals surface area contributed by atoms with Crippen molar-refractivity contribution in [3.63, 3.8) is 0 Å². The second kappa shape index (κ2) is 6.30. The van der Waals surface area contributed by atoms with Crippen molar-refractivity contribution in [2.75, 3.05) is 0 Å². The molecule has 0 saturated carbocycles. The third kappa shape index (κ3) is 2.90. The lowest BCUT2D eigenvalue weighted by atomic mass is 10.1. The van der Waals surface area contributed by atoms with Crippen LogP contribution in [0.5, 0.6) is 0 Å². The Hall–Kier alpha value is -2.31. The van der Waals surface area contributed by atoms with Crippen LogP contribution in [-0.2, 0) is 6.54 Å². The smallest absolute Gasteiger partial charge is 0.206 e. The van der Waals surface area contributed by atoms with Crippen molar-refractivity contribution >= 4 is 38.4 Å². The number of rotatable bonds is 3. The van der Waals surface area contributed by atoms with E-state index in [4.69, 9.17) is 11.6 Å². The summed E-state index contributed by atoms with van der Waals surface area (Å²) >= 11 is 9.79. The monoisotopic (exact) mass is 399 g/mol. The topological polar surface area (TPSA) is 56.5 Å². The summed E-state index contributed by atoms with van der Waals surface area (Å²) in [5.41, 5.74) is 2.62. The molecular weight excluding hydrogens is 390 g/mol. The van der Waals surface area contributed by atoms with Crippen molar-refractivity contribution in [1.82, 2.24) is 25.2 Å². The molecule has 0 aliphatic carbocycles. The highest BCUT2D eigenvalue weighted by Gasteiger charge is 2.11. The SMILES string of the molecule is Clc1nc2ccccc2cc1Cn1nnc(-c2ccccc2Br)n1. The van der Waals surface area contributed by atoms with Crippen LogP contribution in [0.1, 0.15) is 5.56 Å². The fourth-order valence-corrected chi connectivity index (χ4v) is 3.13. The van der Waals surface area contributed by atoms with Gasteiger partial charge in [-0.05, 0) is 29.5 Å². The average molecular weight is 401 g/mol. The minimum absolute atomic E-state index is 0.411. The van der Waals surface area contributed by atoms with E-state index in [0.717, 1.165) is 26.5 Å². The van der Waals surface area contributed by atoms with Crippen molar-refractivity contribution < 1.29 is 0 Å². The molecule has 0 radical (unpaired) electrons. The lowest BCUT2D eigenvalue weighted by Crippen LogP contribution is -2.05. The Bertz CT molecular complexity index is 1030. The Morgan fingerprint density at radius 1 is 1.04 bits per heavy atom. The molecule has 0 amide bonds. The summed E-state index contributed by atoms with van der Waals surface area (Å²) in [4.78, 5) is 5.94. The normalized spacial score (nSPS) is 11.1. The lowest BCUT2D eigenvalue weighted by molar-refractivity contribution is 0.572. The quantitative estimate of drug-likeness (QED) is 0.480. The maximum absolute atomic E-state index is 6.29.